The van der Waals surface area contributed by atoms with Crippen LogP contribution in [0.25, 0.3) is 82.8 Å². The molecule has 0 bridgehead atoms. The molecule has 0 atom stereocenters. The first-order chi connectivity index (χ1) is 39.5. The summed E-state index contributed by atoms with van der Waals surface area (Å²) in [7, 11) is 0. The summed E-state index contributed by atoms with van der Waals surface area (Å²) in [5.74, 6) is 0. The first-order valence-electron chi connectivity index (χ1n) is 28.6. The van der Waals surface area contributed by atoms with E-state index in [2.05, 4.69) is 330 Å². The number of rotatable bonds is 9. The zero-order valence-electron chi connectivity index (χ0n) is 47.0. The average molecular weight is 1040 g/mol. The molecule has 1 heterocycles. The standard InChI is InChI=1S/C79H64N2/c1-77(2,3)58-48-55(49-59(51-58)78(4,5)6)63-38-24-26-53-27-25-39-68(76(53)63)66-36-18-22-42-73(66)81(61-45-47-75-69(52-61)67-37-19-23-43-74(67)80(75)60-32-14-9-15-33-60)72-41-21-17-34-62(72)54-44-46-65-64-35-16-20-40-70(64)79(71(65)50-54,56-28-10-7-11-29-56)57-30-12-8-13-31-57/h7-52H,1-6H3. The van der Waals surface area contributed by atoms with E-state index in [4.69, 9.17) is 0 Å². The van der Waals surface area contributed by atoms with Gasteiger partial charge < -0.3 is 9.47 Å². The van der Waals surface area contributed by atoms with Crippen molar-refractivity contribution in [1.82, 2.24) is 4.57 Å². The van der Waals surface area contributed by atoms with Gasteiger partial charge in [0.05, 0.1) is 27.8 Å². The predicted octanol–water partition coefficient (Wildman–Crippen LogP) is 21.4. The van der Waals surface area contributed by atoms with Crippen LogP contribution in [0.5, 0.6) is 0 Å². The fourth-order valence-corrected chi connectivity index (χ4v) is 13.2. The summed E-state index contributed by atoms with van der Waals surface area (Å²) in [6.45, 7) is 14.0. The Kier molecular flexibility index (Phi) is 11.9. The molecule has 1 aromatic heterocycles. The highest BCUT2D eigenvalue weighted by Crippen LogP contribution is 2.58. The number of aromatic nitrogens is 1. The average Bonchev–Trinajstić information content (AvgIpc) is 4.06. The lowest BCUT2D eigenvalue weighted by Gasteiger charge is -2.34. The SMILES string of the molecule is CC(C)(C)c1cc(-c2cccc3cccc(-c4ccccc4N(c4ccc5c(c4)c4ccccc4n5-c4ccccc4)c4ccccc4-c4ccc5c(c4)C(c4ccccc4)(c4ccccc4)c4ccccc4-5)c23)cc(C(C)(C)C)c1. The van der Waals surface area contributed by atoms with E-state index >= 15 is 0 Å². The molecular weight excluding hydrogens is 977 g/mol. The zero-order chi connectivity index (χ0) is 55.0. The topological polar surface area (TPSA) is 8.17 Å². The molecule has 1 aliphatic carbocycles. The summed E-state index contributed by atoms with van der Waals surface area (Å²) in [4.78, 5) is 2.54. The van der Waals surface area contributed by atoms with E-state index in [1.54, 1.807) is 0 Å². The summed E-state index contributed by atoms with van der Waals surface area (Å²) < 4.78 is 2.41. The maximum atomic E-state index is 2.54. The first kappa shape index (κ1) is 49.8. The second kappa shape index (κ2) is 19.4. The van der Waals surface area contributed by atoms with Gasteiger partial charge in [0, 0.05) is 33.3 Å². The molecule has 0 aliphatic heterocycles. The maximum absolute atomic E-state index is 2.54. The number of anilines is 3. The van der Waals surface area contributed by atoms with E-state index in [0.717, 1.165) is 45.0 Å². The van der Waals surface area contributed by atoms with Crippen LogP contribution in [0.15, 0.2) is 279 Å². The number of benzene rings is 12. The van der Waals surface area contributed by atoms with E-state index in [1.165, 1.54) is 88.3 Å². The highest BCUT2D eigenvalue weighted by atomic mass is 15.1. The van der Waals surface area contributed by atoms with Crippen molar-refractivity contribution in [3.8, 4) is 50.2 Å². The lowest BCUT2D eigenvalue weighted by Crippen LogP contribution is -2.28. The third kappa shape index (κ3) is 8.23. The Hall–Kier alpha value is -9.50. The summed E-state index contributed by atoms with van der Waals surface area (Å²) in [6, 6.07) is 104. The molecule has 0 amide bonds. The number of fused-ring (bicyclic) bond motifs is 7. The highest BCUT2D eigenvalue weighted by Gasteiger charge is 2.46. The molecule has 12 aromatic carbocycles. The van der Waals surface area contributed by atoms with E-state index in [0.29, 0.717) is 0 Å². The van der Waals surface area contributed by atoms with Crippen LogP contribution in [0.3, 0.4) is 0 Å². The second-order valence-electron chi connectivity index (χ2n) is 24.1. The molecule has 13 aromatic rings. The molecule has 0 radical (unpaired) electrons. The maximum Gasteiger partial charge on any atom is 0.0713 e. The minimum atomic E-state index is -0.546. The molecule has 0 spiro atoms. The highest BCUT2D eigenvalue weighted by molar-refractivity contribution is 6.12. The van der Waals surface area contributed by atoms with Gasteiger partial charge >= 0.3 is 0 Å². The van der Waals surface area contributed by atoms with Gasteiger partial charge in [0.2, 0.25) is 0 Å². The Morgan fingerprint density at radius 2 is 0.852 bits per heavy atom. The summed E-state index contributed by atoms with van der Waals surface area (Å²) in [5, 5.41) is 4.85. The third-order valence-electron chi connectivity index (χ3n) is 17.2. The molecule has 0 saturated heterocycles. The van der Waals surface area contributed by atoms with Gasteiger partial charge in [-0.25, -0.2) is 0 Å². The lowest BCUT2D eigenvalue weighted by atomic mass is 9.67. The quantitative estimate of drug-likeness (QED) is 0.140. The van der Waals surface area contributed by atoms with Gasteiger partial charge in [0.15, 0.2) is 0 Å². The Morgan fingerprint density at radius 3 is 1.52 bits per heavy atom. The molecule has 0 saturated carbocycles. The van der Waals surface area contributed by atoms with Gasteiger partial charge in [-0.1, -0.05) is 266 Å². The summed E-state index contributed by atoms with van der Waals surface area (Å²) in [5.41, 5.74) is 23.5. The monoisotopic (exact) mass is 1040 g/mol. The fraction of sp³-hybridized carbons (Fsp3) is 0.114. The number of hydrogen-bond acceptors (Lipinski definition) is 1. The van der Waals surface area contributed by atoms with Gasteiger partial charge in [-0.15, -0.1) is 0 Å². The van der Waals surface area contributed by atoms with Gasteiger partial charge in [-0.3, -0.25) is 0 Å². The number of hydrogen-bond donors (Lipinski definition) is 0. The normalized spacial score (nSPS) is 12.9. The molecule has 2 heteroatoms. The molecule has 390 valence electrons. The zero-order valence-corrected chi connectivity index (χ0v) is 47.0. The van der Waals surface area contributed by atoms with Crippen molar-refractivity contribution in [2.24, 2.45) is 0 Å². The Labute approximate surface area is 476 Å². The smallest absolute Gasteiger partial charge is 0.0713 e. The van der Waals surface area contributed by atoms with E-state index < -0.39 is 5.41 Å². The van der Waals surface area contributed by atoms with Crippen LogP contribution in [0.4, 0.5) is 17.1 Å². The van der Waals surface area contributed by atoms with Crippen molar-refractivity contribution in [1.29, 1.82) is 0 Å². The van der Waals surface area contributed by atoms with Crippen molar-refractivity contribution in [3.05, 3.63) is 312 Å². The van der Waals surface area contributed by atoms with Crippen LogP contribution in [0.1, 0.15) is 74.9 Å². The van der Waals surface area contributed by atoms with E-state index in [1.807, 2.05) is 0 Å². The Bertz CT molecular complexity index is 4450. The van der Waals surface area contributed by atoms with Crippen LogP contribution >= 0.6 is 0 Å². The second-order valence-corrected chi connectivity index (χ2v) is 24.1. The summed E-state index contributed by atoms with van der Waals surface area (Å²) in [6.07, 6.45) is 0. The van der Waals surface area contributed by atoms with Crippen molar-refractivity contribution in [2.75, 3.05) is 4.90 Å². The van der Waals surface area contributed by atoms with Crippen molar-refractivity contribution in [3.63, 3.8) is 0 Å². The van der Waals surface area contributed by atoms with E-state index in [9.17, 15) is 0 Å². The third-order valence-corrected chi connectivity index (χ3v) is 17.2. The molecular formula is C79H64N2. The van der Waals surface area contributed by atoms with Crippen LogP contribution in [0, 0.1) is 0 Å². The number of para-hydroxylation sites is 4. The van der Waals surface area contributed by atoms with Gasteiger partial charge in [-0.05, 0) is 143 Å². The number of nitrogens with zero attached hydrogens (tertiary/aromatic N) is 2. The molecule has 14 rings (SSSR count). The lowest BCUT2D eigenvalue weighted by molar-refractivity contribution is 0.569. The van der Waals surface area contributed by atoms with Crippen molar-refractivity contribution < 1.29 is 0 Å². The largest absolute Gasteiger partial charge is 0.309 e. The summed E-state index contributed by atoms with van der Waals surface area (Å²) >= 11 is 0. The molecule has 0 fully saturated rings. The van der Waals surface area contributed by atoms with Gasteiger partial charge in [0.1, 0.15) is 0 Å². The molecule has 2 nitrogen and oxygen atoms in total. The predicted molar refractivity (Wildman–Crippen MR) is 344 cm³/mol. The van der Waals surface area contributed by atoms with Gasteiger partial charge in [0.25, 0.3) is 0 Å². The Morgan fingerprint density at radius 1 is 0.333 bits per heavy atom. The van der Waals surface area contributed by atoms with Crippen LogP contribution in [-0.2, 0) is 16.2 Å². The minimum absolute atomic E-state index is 0.0359. The van der Waals surface area contributed by atoms with Gasteiger partial charge in [-0.2, -0.15) is 0 Å². The van der Waals surface area contributed by atoms with Crippen molar-refractivity contribution >= 4 is 49.6 Å². The molecule has 0 unspecified atom stereocenters. The van der Waals surface area contributed by atoms with E-state index in [-0.39, 0.29) is 10.8 Å². The first-order valence-corrected chi connectivity index (χ1v) is 28.6. The fourth-order valence-electron chi connectivity index (χ4n) is 13.2. The molecule has 1 aliphatic rings. The minimum Gasteiger partial charge on any atom is -0.309 e. The Balaban J connectivity index is 1.04. The van der Waals surface area contributed by atoms with Crippen LogP contribution in [0.2, 0.25) is 0 Å². The van der Waals surface area contributed by atoms with Crippen LogP contribution in [-0.4, -0.2) is 4.57 Å². The van der Waals surface area contributed by atoms with Crippen LogP contribution < -0.4 is 4.90 Å². The molecule has 0 N–H and O–H groups in total. The molecule has 81 heavy (non-hydrogen) atoms. The van der Waals surface area contributed by atoms with Crippen molar-refractivity contribution in [2.45, 2.75) is 57.8 Å².